The number of ketones is 1. The molecule has 1 aliphatic carbocycles. The number of hydrogen-bond donors (Lipinski definition) is 1. The van der Waals surface area contributed by atoms with Gasteiger partial charge in [0.2, 0.25) is 0 Å². The Bertz CT molecular complexity index is 806. The van der Waals surface area contributed by atoms with E-state index in [0.29, 0.717) is 0 Å². The minimum Gasteiger partial charge on any atom is -0.454 e. The molecule has 28 heavy (non-hydrogen) atoms. The Hall–Kier alpha value is -3.14. The minimum atomic E-state index is -1.23. The first kappa shape index (κ1) is 21.2. The van der Waals surface area contributed by atoms with Crippen molar-refractivity contribution in [2.45, 2.75) is 38.1 Å². The highest BCUT2D eigenvalue weighted by atomic mass is 16.5. The molecule has 0 saturated heterocycles. The zero-order valence-electron chi connectivity index (χ0n) is 16.0. The molecule has 1 saturated carbocycles. The standard InChI is InChI=1S/C21H25N3O4/c1-14(23)18(12-22)19(25)13-28-21(27)17-11-7-6-10-16(17)20(26)24(2)15-8-4-3-5-9-15/h6-7,10-11,15,18H,1,3-5,8-9,13,23H2,2H3/t18-/m0/s1. The summed E-state index contributed by atoms with van der Waals surface area (Å²) < 4.78 is 5.03. The van der Waals surface area contributed by atoms with E-state index in [1.807, 2.05) is 0 Å². The molecule has 2 rings (SSSR count). The molecule has 0 spiro atoms. The van der Waals surface area contributed by atoms with Crippen LogP contribution in [-0.2, 0) is 9.53 Å². The molecule has 0 aromatic heterocycles. The summed E-state index contributed by atoms with van der Waals surface area (Å²) in [5.74, 6) is -2.95. The number of nitrogens with two attached hydrogens (primary N) is 1. The molecule has 0 unspecified atom stereocenters. The molecule has 0 heterocycles. The SMILES string of the molecule is C=C(N)[C@H](C#N)C(=O)COC(=O)c1ccccc1C(=O)N(C)C1CCCCC1. The van der Waals surface area contributed by atoms with Crippen LogP contribution in [0.2, 0.25) is 0 Å². The smallest absolute Gasteiger partial charge is 0.339 e. The van der Waals surface area contributed by atoms with E-state index in [1.165, 1.54) is 12.5 Å². The third-order valence-corrected chi connectivity index (χ3v) is 4.99. The zero-order chi connectivity index (χ0) is 20.7. The maximum Gasteiger partial charge on any atom is 0.339 e. The molecular weight excluding hydrogens is 358 g/mol. The van der Waals surface area contributed by atoms with Crippen LogP contribution in [0.25, 0.3) is 0 Å². The number of carbonyl (C=O) groups excluding carboxylic acids is 3. The molecule has 0 radical (unpaired) electrons. The summed E-state index contributed by atoms with van der Waals surface area (Å²) >= 11 is 0. The lowest BCUT2D eigenvalue weighted by Crippen LogP contribution is -2.39. The van der Waals surface area contributed by atoms with Gasteiger partial charge >= 0.3 is 5.97 Å². The molecule has 1 atom stereocenters. The number of esters is 1. The van der Waals surface area contributed by atoms with Crippen molar-refractivity contribution in [2.75, 3.05) is 13.7 Å². The van der Waals surface area contributed by atoms with Gasteiger partial charge in [-0.1, -0.05) is 38.0 Å². The van der Waals surface area contributed by atoms with E-state index in [4.69, 9.17) is 15.7 Å². The van der Waals surface area contributed by atoms with E-state index < -0.39 is 24.3 Å². The molecule has 1 aliphatic rings. The summed E-state index contributed by atoms with van der Waals surface area (Å²) in [7, 11) is 1.74. The second-order valence-electron chi connectivity index (χ2n) is 6.93. The topological polar surface area (TPSA) is 113 Å². The van der Waals surface area contributed by atoms with E-state index in [9.17, 15) is 14.4 Å². The van der Waals surface area contributed by atoms with Crippen LogP contribution < -0.4 is 5.73 Å². The molecule has 1 aromatic rings. The first-order chi connectivity index (χ1) is 13.4. The number of benzene rings is 1. The fourth-order valence-electron chi connectivity index (χ4n) is 3.33. The summed E-state index contributed by atoms with van der Waals surface area (Å²) in [4.78, 5) is 39.1. The van der Waals surface area contributed by atoms with Gasteiger partial charge in [-0.3, -0.25) is 9.59 Å². The Balaban J connectivity index is 2.11. The molecule has 0 bridgehead atoms. The molecule has 2 N–H and O–H groups in total. The second-order valence-corrected chi connectivity index (χ2v) is 6.93. The van der Waals surface area contributed by atoms with Crippen LogP contribution in [-0.4, -0.2) is 42.3 Å². The molecule has 7 heteroatoms. The van der Waals surface area contributed by atoms with Crippen molar-refractivity contribution in [3.05, 3.63) is 47.7 Å². The summed E-state index contributed by atoms with van der Waals surface area (Å²) in [6, 6.07) is 8.22. The van der Waals surface area contributed by atoms with Crippen LogP contribution in [0.15, 0.2) is 36.5 Å². The van der Waals surface area contributed by atoms with Gasteiger partial charge in [-0.2, -0.15) is 5.26 Å². The lowest BCUT2D eigenvalue weighted by Gasteiger charge is -2.31. The molecular formula is C21H25N3O4. The maximum atomic E-state index is 12.9. The van der Waals surface area contributed by atoms with Gasteiger partial charge in [0.05, 0.1) is 17.2 Å². The fourth-order valence-corrected chi connectivity index (χ4v) is 3.33. The van der Waals surface area contributed by atoms with Crippen molar-refractivity contribution in [3.8, 4) is 6.07 Å². The summed E-state index contributed by atoms with van der Waals surface area (Å²) in [5.41, 5.74) is 5.62. The van der Waals surface area contributed by atoms with Crippen molar-refractivity contribution in [2.24, 2.45) is 11.7 Å². The number of carbonyl (C=O) groups is 3. The Morgan fingerprint density at radius 1 is 1.25 bits per heavy atom. The second kappa shape index (κ2) is 9.70. The van der Waals surface area contributed by atoms with Gasteiger partial charge in [0.1, 0.15) is 5.92 Å². The minimum absolute atomic E-state index is 0.0862. The largest absolute Gasteiger partial charge is 0.454 e. The Kier molecular flexibility index (Phi) is 7.33. The number of allylic oxidation sites excluding steroid dienone is 1. The Labute approximate surface area is 164 Å². The lowest BCUT2D eigenvalue weighted by molar-refractivity contribution is -0.123. The predicted octanol–water partition coefficient (Wildman–Crippen LogP) is 2.43. The monoisotopic (exact) mass is 383 g/mol. The van der Waals surface area contributed by atoms with Crippen molar-refractivity contribution >= 4 is 17.7 Å². The summed E-state index contributed by atoms with van der Waals surface area (Å²) in [5, 5.41) is 8.95. The molecule has 0 aliphatic heterocycles. The fraction of sp³-hybridized carbons (Fsp3) is 0.429. The summed E-state index contributed by atoms with van der Waals surface area (Å²) in [6.07, 6.45) is 5.24. The Morgan fingerprint density at radius 2 is 1.86 bits per heavy atom. The van der Waals surface area contributed by atoms with Crippen molar-refractivity contribution in [3.63, 3.8) is 0 Å². The average molecular weight is 383 g/mol. The third-order valence-electron chi connectivity index (χ3n) is 4.99. The highest BCUT2D eigenvalue weighted by Crippen LogP contribution is 2.24. The van der Waals surface area contributed by atoms with Gasteiger partial charge in [0.15, 0.2) is 12.4 Å². The van der Waals surface area contributed by atoms with Crippen molar-refractivity contribution in [1.82, 2.24) is 4.90 Å². The van der Waals surface area contributed by atoms with E-state index in [2.05, 4.69) is 6.58 Å². The quantitative estimate of drug-likeness (QED) is 0.724. The van der Waals surface area contributed by atoms with Crippen LogP contribution in [0.3, 0.4) is 0 Å². The Morgan fingerprint density at radius 3 is 2.43 bits per heavy atom. The van der Waals surface area contributed by atoms with Gasteiger partial charge in [0, 0.05) is 18.8 Å². The van der Waals surface area contributed by atoms with Crippen LogP contribution in [0, 0.1) is 17.2 Å². The normalized spacial score (nSPS) is 15.1. The number of amides is 1. The summed E-state index contributed by atoms with van der Waals surface area (Å²) in [6.45, 7) is 2.76. The molecule has 1 aromatic carbocycles. The highest BCUT2D eigenvalue weighted by molar-refractivity contribution is 6.05. The van der Waals surface area contributed by atoms with Crippen LogP contribution in [0.4, 0.5) is 0 Å². The number of rotatable bonds is 7. The highest BCUT2D eigenvalue weighted by Gasteiger charge is 2.27. The maximum absolute atomic E-state index is 12.9. The van der Waals surface area contributed by atoms with E-state index in [0.717, 1.165) is 25.7 Å². The van der Waals surface area contributed by atoms with E-state index >= 15 is 0 Å². The lowest BCUT2D eigenvalue weighted by atomic mass is 9.94. The molecule has 148 valence electrons. The number of hydrogen-bond acceptors (Lipinski definition) is 6. The van der Waals surface area contributed by atoms with Crippen molar-refractivity contribution in [1.29, 1.82) is 5.26 Å². The third kappa shape index (κ3) is 4.97. The van der Waals surface area contributed by atoms with Crippen LogP contribution in [0.5, 0.6) is 0 Å². The number of ether oxygens (including phenoxy) is 1. The predicted molar refractivity (Wildman–Crippen MR) is 103 cm³/mol. The van der Waals surface area contributed by atoms with Crippen molar-refractivity contribution < 1.29 is 19.1 Å². The number of nitriles is 1. The average Bonchev–Trinajstić information content (AvgIpc) is 2.71. The van der Waals surface area contributed by atoms with E-state index in [-0.39, 0.29) is 28.8 Å². The molecule has 1 amide bonds. The molecule has 1 fully saturated rings. The van der Waals surface area contributed by atoms with Crippen LogP contribution >= 0.6 is 0 Å². The number of Topliss-reactive ketones (excluding diaryl/α,β-unsaturated/α-hetero) is 1. The van der Waals surface area contributed by atoms with Crippen LogP contribution in [0.1, 0.15) is 52.8 Å². The van der Waals surface area contributed by atoms with Gasteiger partial charge in [-0.05, 0) is 25.0 Å². The van der Waals surface area contributed by atoms with Gasteiger partial charge in [-0.15, -0.1) is 0 Å². The first-order valence-corrected chi connectivity index (χ1v) is 9.26. The van der Waals surface area contributed by atoms with Gasteiger partial charge in [0.25, 0.3) is 5.91 Å². The van der Waals surface area contributed by atoms with E-state index in [1.54, 1.807) is 36.2 Å². The van der Waals surface area contributed by atoms with Gasteiger partial charge in [-0.25, -0.2) is 4.79 Å². The first-order valence-electron chi connectivity index (χ1n) is 9.26. The molecule has 7 nitrogen and oxygen atoms in total. The number of nitrogens with zero attached hydrogens (tertiary/aromatic N) is 2. The van der Waals surface area contributed by atoms with Gasteiger partial charge < -0.3 is 15.4 Å². The zero-order valence-corrected chi connectivity index (χ0v) is 16.0.